The molecule has 1 aliphatic rings. The minimum atomic E-state index is -0.0351. The molecule has 2 aromatic rings. The number of rotatable bonds is 7. The second-order valence-corrected chi connectivity index (χ2v) is 6.61. The zero-order valence-electron chi connectivity index (χ0n) is 15.9. The molecule has 0 bridgehead atoms. The number of nitrogens with one attached hydrogen (secondary N) is 1. The van der Waals surface area contributed by atoms with Gasteiger partial charge in [-0.15, -0.1) is 0 Å². The largest absolute Gasteiger partial charge is 0.493 e. The van der Waals surface area contributed by atoms with Crippen molar-refractivity contribution in [2.45, 2.75) is 46.7 Å². The lowest BCUT2D eigenvalue weighted by atomic mass is 10.0. The molecule has 3 rings (SSSR count). The lowest BCUT2D eigenvalue weighted by molar-refractivity contribution is 0.0726. The van der Waals surface area contributed by atoms with Gasteiger partial charge in [-0.3, -0.25) is 4.79 Å². The van der Waals surface area contributed by atoms with E-state index in [-0.39, 0.29) is 11.9 Å². The molecule has 0 fully saturated rings. The van der Waals surface area contributed by atoms with E-state index in [9.17, 15) is 4.79 Å². The Balaban J connectivity index is 2.15. The lowest BCUT2D eigenvalue weighted by Gasteiger charge is -2.19. The van der Waals surface area contributed by atoms with Crippen LogP contribution in [0.15, 0.2) is 24.3 Å². The van der Waals surface area contributed by atoms with E-state index in [1.165, 1.54) is 0 Å². The standard InChI is InChI=1S/C20H26N4O2/c1-5-11-21-20-22-17(14-9-7-8-10-16(14)26-6-2)15-12-24(13(3)4)19(25)18(15)23-20/h7-10,13H,5-6,11-12H2,1-4H3,(H,21,22,23). The fourth-order valence-electron chi connectivity index (χ4n) is 3.09. The van der Waals surface area contributed by atoms with Crippen LogP contribution in [-0.2, 0) is 6.54 Å². The molecule has 1 aliphatic heterocycles. The van der Waals surface area contributed by atoms with Gasteiger partial charge in [-0.25, -0.2) is 9.97 Å². The Bertz CT molecular complexity index is 804. The molecule has 138 valence electrons. The highest BCUT2D eigenvalue weighted by molar-refractivity contribution is 5.99. The van der Waals surface area contributed by atoms with E-state index >= 15 is 0 Å². The molecule has 0 radical (unpaired) electrons. The molecule has 6 nitrogen and oxygen atoms in total. The third kappa shape index (κ3) is 3.36. The molecule has 0 unspecified atom stereocenters. The van der Waals surface area contributed by atoms with Gasteiger partial charge in [0.2, 0.25) is 5.95 Å². The molecule has 0 saturated heterocycles. The van der Waals surface area contributed by atoms with Crippen LogP contribution in [0, 0.1) is 0 Å². The number of ether oxygens (including phenoxy) is 1. The van der Waals surface area contributed by atoms with E-state index in [0.717, 1.165) is 35.5 Å². The molecule has 1 aromatic carbocycles. The van der Waals surface area contributed by atoms with Gasteiger partial charge < -0.3 is 15.0 Å². The molecule has 1 aromatic heterocycles. The van der Waals surface area contributed by atoms with Crippen LogP contribution in [0.3, 0.4) is 0 Å². The van der Waals surface area contributed by atoms with Crippen LogP contribution in [0.4, 0.5) is 5.95 Å². The highest BCUT2D eigenvalue weighted by Gasteiger charge is 2.34. The molecule has 0 aliphatic carbocycles. The Morgan fingerprint density at radius 2 is 1.92 bits per heavy atom. The van der Waals surface area contributed by atoms with Crippen LogP contribution >= 0.6 is 0 Å². The van der Waals surface area contributed by atoms with E-state index < -0.39 is 0 Å². The van der Waals surface area contributed by atoms with Crippen LogP contribution in [0.2, 0.25) is 0 Å². The van der Waals surface area contributed by atoms with E-state index in [0.29, 0.717) is 24.8 Å². The van der Waals surface area contributed by atoms with E-state index in [2.05, 4.69) is 17.2 Å². The number of fused-ring (bicyclic) bond motifs is 1. The highest BCUT2D eigenvalue weighted by atomic mass is 16.5. The van der Waals surface area contributed by atoms with Crippen molar-refractivity contribution in [3.05, 3.63) is 35.5 Å². The molecular formula is C20H26N4O2. The van der Waals surface area contributed by atoms with Gasteiger partial charge >= 0.3 is 0 Å². The van der Waals surface area contributed by atoms with Crippen molar-refractivity contribution in [3.8, 4) is 17.0 Å². The van der Waals surface area contributed by atoms with Gasteiger partial charge in [-0.05, 0) is 39.3 Å². The lowest BCUT2D eigenvalue weighted by Crippen LogP contribution is -2.31. The fourth-order valence-corrected chi connectivity index (χ4v) is 3.09. The molecular weight excluding hydrogens is 328 g/mol. The Labute approximate surface area is 154 Å². The van der Waals surface area contributed by atoms with Crippen LogP contribution in [-0.4, -0.2) is 40.0 Å². The monoisotopic (exact) mass is 354 g/mol. The number of carbonyl (C=O) groups excluding carboxylic acids is 1. The van der Waals surface area contributed by atoms with E-state index in [1.54, 1.807) is 0 Å². The minimum absolute atomic E-state index is 0.0351. The Kier molecular flexibility index (Phi) is 5.40. The average Bonchev–Trinajstić information content (AvgIpc) is 2.97. The molecule has 6 heteroatoms. The molecule has 1 amide bonds. The molecule has 26 heavy (non-hydrogen) atoms. The second kappa shape index (κ2) is 7.72. The van der Waals surface area contributed by atoms with Crippen molar-refractivity contribution in [2.75, 3.05) is 18.5 Å². The summed E-state index contributed by atoms with van der Waals surface area (Å²) in [5, 5.41) is 3.22. The zero-order chi connectivity index (χ0) is 18.7. The summed E-state index contributed by atoms with van der Waals surface area (Å²) in [7, 11) is 0. The quantitative estimate of drug-likeness (QED) is 0.821. The second-order valence-electron chi connectivity index (χ2n) is 6.61. The number of aromatic nitrogens is 2. The maximum Gasteiger partial charge on any atom is 0.273 e. The third-order valence-corrected chi connectivity index (χ3v) is 4.40. The van der Waals surface area contributed by atoms with Crippen molar-refractivity contribution in [3.63, 3.8) is 0 Å². The smallest absolute Gasteiger partial charge is 0.273 e. The number of anilines is 1. The number of nitrogens with zero attached hydrogens (tertiary/aromatic N) is 3. The molecule has 0 atom stereocenters. The summed E-state index contributed by atoms with van der Waals surface area (Å²) in [6.07, 6.45) is 0.956. The van der Waals surface area contributed by atoms with Crippen molar-refractivity contribution in [1.82, 2.24) is 14.9 Å². The summed E-state index contributed by atoms with van der Waals surface area (Å²) < 4.78 is 5.79. The topological polar surface area (TPSA) is 67.4 Å². The van der Waals surface area contributed by atoms with E-state index in [1.807, 2.05) is 49.9 Å². The number of carbonyl (C=O) groups is 1. The van der Waals surface area contributed by atoms with Gasteiger partial charge in [0.15, 0.2) is 0 Å². The summed E-state index contributed by atoms with van der Waals surface area (Å²) in [5.74, 6) is 1.23. The fraction of sp³-hybridized carbons (Fsp3) is 0.450. The predicted molar refractivity (Wildman–Crippen MR) is 102 cm³/mol. The Morgan fingerprint density at radius 3 is 2.62 bits per heavy atom. The number of amides is 1. The third-order valence-electron chi connectivity index (χ3n) is 4.40. The Hall–Kier alpha value is -2.63. The van der Waals surface area contributed by atoms with Crippen molar-refractivity contribution in [2.24, 2.45) is 0 Å². The average molecular weight is 354 g/mol. The molecule has 1 N–H and O–H groups in total. The molecule has 2 heterocycles. The number of hydrogen-bond acceptors (Lipinski definition) is 5. The number of para-hydroxylation sites is 1. The van der Waals surface area contributed by atoms with Crippen LogP contribution < -0.4 is 10.1 Å². The van der Waals surface area contributed by atoms with Crippen molar-refractivity contribution >= 4 is 11.9 Å². The van der Waals surface area contributed by atoms with Crippen molar-refractivity contribution < 1.29 is 9.53 Å². The normalized spacial score (nSPS) is 13.3. The minimum Gasteiger partial charge on any atom is -0.493 e. The SMILES string of the molecule is CCCNc1nc2c(c(-c3ccccc3OCC)n1)CN(C(C)C)C2=O. The van der Waals surface area contributed by atoms with Gasteiger partial charge in [0.25, 0.3) is 5.91 Å². The first-order valence-corrected chi connectivity index (χ1v) is 9.24. The van der Waals surface area contributed by atoms with Crippen LogP contribution in [0.1, 0.15) is 50.2 Å². The maximum absolute atomic E-state index is 12.8. The summed E-state index contributed by atoms with van der Waals surface area (Å²) in [6.45, 7) is 9.92. The summed E-state index contributed by atoms with van der Waals surface area (Å²) in [6, 6.07) is 7.93. The summed E-state index contributed by atoms with van der Waals surface area (Å²) >= 11 is 0. The zero-order valence-corrected chi connectivity index (χ0v) is 15.9. The van der Waals surface area contributed by atoms with Gasteiger partial charge in [-0.2, -0.15) is 0 Å². The number of benzene rings is 1. The van der Waals surface area contributed by atoms with Gasteiger partial charge in [0.05, 0.1) is 18.8 Å². The molecule has 0 spiro atoms. The van der Waals surface area contributed by atoms with Crippen molar-refractivity contribution in [1.29, 1.82) is 0 Å². The van der Waals surface area contributed by atoms with Crippen LogP contribution in [0.25, 0.3) is 11.3 Å². The van der Waals surface area contributed by atoms with Gasteiger partial charge in [-0.1, -0.05) is 19.1 Å². The van der Waals surface area contributed by atoms with Gasteiger partial charge in [0.1, 0.15) is 11.4 Å². The first-order valence-electron chi connectivity index (χ1n) is 9.24. The van der Waals surface area contributed by atoms with Crippen LogP contribution in [0.5, 0.6) is 5.75 Å². The molecule has 0 saturated carbocycles. The number of hydrogen-bond donors (Lipinski definition) is 1. The first-order chi connectivity index (χ1) is 12.6. The first kappa shape index (κ1) is 18.2. The Morgan fingerprint density at radius 1 is 1.19 bits per heavy atom. The summed E-state index contributed by atoms with van der Waals surface area (Å²) in [5.41, 5.74) is 3.03. The predicted octanol–water partition coefficient (Wildman–Crippen LogP) is 3.73. The summed E-state index contributed by atoms with van der Waals surface area (Å²) in [4.78, 5) is 23.9. The highest BCUT2D eigenvalue weighted by Crippen LogP contribution is 2.36. The maximum atomic E-state index is 12.8. The van der Waals surface area contributed by atoms with Gasteiger partial charge in [0, 0.05) is 23.7 Å². The van der Waals surface area contributed by atoms with E-state index in [4.69, 9.17) is 9.72 Å².